The van der Waals surface area contributed by atoms with Crippen LogP contribution in [0.3, 0.4) is 0 Å². The maximum Gasteiger partial charge on any atom is 0.191 e. The number of halogens is 1. The molecular weight excluding hydrogens is 321 g/mol. The van der Waals surface area contributed by atoms with Crippen LogP contribution in [0.1, 0.15) is 13.3 Å². The molecule has 2 N–H and O–H groups in total. The normalized spacial score (nSPS) is 10.8. The third-order valence-electron chi connectivity index (χ3n) is 1.78. The number of rotatable bonds is 8. The van der Waals surface area contributed by atoms with E-state index in [0.29, 0.717) is 6.61 Å². The number of nitrogens with one attached hydrogen (secondary N) is 2. The van der Waals surface area contributed by atoms with E-state index < -0.39 is 0 Å². The van der Waals surface area contributed by atoms with E-state index in [4.69, 9.17) is 9.47 Å². The van der Waals surface area contributed by atoms with Gasteiger partial charge in [0.2, 0.25) is 0 Å². The number of methoxy groups -OCH3 is 1. The Morgan fingerprint density at radius 1 is 1.19 bits per heavy atom. The molecule has 0 atom stereocenters. The maximum absolute atomic E-state index is 5.23. The lowest BCUT2D eigenvalue weighted by Gasteiger charge is -2.11. The first-order valence-corrected chi connectivity index (χ1v) is 5.36. The molecule has 5 nitrogen and oxygen atoms in total. The molecule has 0 fully saturated rings. The summed E-state index contributed by atoms with van der Waals surface area (Å²) in [6.45, 7) is 5.88. The average molecular weight is 345 g/mol. The second-order valence-corrected chi connectivity index (χ2v) is 2.97. The molecular formula is C10H24IN3O2. The molecule has 0 unspecified atom stereocenters. The van der Waals surface area contributed by atoms with Gasteiger partial charge in [-0.15, -0.1) is 24.0 Å². The Labute approximate surface area is 115 Å². The quantitative estimate of drug-likeness (QED) is 0.296. The van der Waals surface area contributed by atoms with Gasteiger partial charge in [-0.25, -0.2) is 0 Å². The smallest absolute Gasteiger partial charge is 0.191 e. The highest BCUT2D eigenvalue weighted by Gasteiger charge is 1.95. The molecule has 0 saturated carbocycles. The molecule has 0 heterocycles. The van der Waals surface area contributed by atoms with Crippen molar-refractivity contribution >= 4 is 29.9 Å². The summed E-state index contributed by atoms with van der Waals surface area (Å²) in [5.74, 6) is 0.809. The van der Waals surface area contributed by atoms with E-state index in [2.05, 4.69) is 15.6 Å². The summed E-state index contributed by atoms with van der Waals surface area (Å²) in [6.07, 6.45) is 0.985. The van der Waals surface area contributed by atoms with Crippen molar-refractivity contribution in [3.63, 3.8) is 0 Å². The monoisotopic (exact) mass is 345 g/mol. The topological polar surface area (TPSA) is 54.9 Å². The van der Waals surface area contributed by atoms with Gasteiger partial charge in [0.25, 0.3) is 0 Å². The lowest BCUT2D eigenvalue weighted by molar-refractivity contribution is 0.145. The van der Waals surface area contributed by atoms with Gasteiger partial charge in [-0.05, 0) is 13.3 Å². The van der Waals surface area contributed by atoms with Crippen LogP contribution in [0.4, 0.5) is 0 Å². The third kappa shape index (κ3) is 12.0. The first-order valence-electron chi connectivity index (χ1n) is 5.36. The summed E-state index contributed by atoms with van der Waals surface area (Å²) in [4.78, 5) is 4.08. The van der Waals surface area contributed by atoms with Crippen LogP contribution in [-0.4, -0.2) is 53.0 Å². The Kier molecular flexibility index (Phi) is 17.1. The van der Waals surface area contributed by atoms with Crippen LogP contribution in [0.15, 0.2) is 4.99 Å². The number of guanidine groups is 1. The van der Waals surface area contributed by atoms with Crippen LogP contribution in [0.2, 0.25) is 0 Å². The van der Waals surface area contributed by atoms with Crippen molar-refractivity contribution in [2.24, 2.45) is 4.99 Å². The average Bonchev–Trinajstić information content (AvgIpc) is 2.26. The van der Waals surface area contributed by atoms with Gasteiger partial charge in [-0.3, -0.25) is 4.99 Å². The predicted molar refractivity (Wildman–Crippen MR) is 77.8 cm³/mol. The largest absolute Gasteiger partial charge is 0.383 e. The highest BCUT2D eigenvalue weighted by molar-refractivity contribution is 14.0. The maximum atomic E-state index is 5.23. The standard InChI is InChI=1S/C10H23N3O2.HI/c1-4-15-8-5-6-12-10(11-2)13-7-9-14-3;/h4-9H2,1-3H3,(H2,11,12,13);1H. The van der Waals surface area contributed by atoms with E-state index >= 15 is 0 Å². The Hall–Kier alpha value is -0.0800. The highest BCUT2D eigenvalue weighted by Crippen LogP contribution is 1.80. The summed E-state index contributed by atoms with van der Waals surface area (Å²) in [7, 11) is 3.44. The molecule has 0 aromatic rings. The number of ether oxygens (including phenoxy) is 2. The van der Waals surface area contributed by atoms with Crippen molar-refractivity contribution in [3.8, 4) is 0 Å². The van der Waals surface area contributed by atoms with E-state index in [9.17, 15) is 0 Å². The molecule has 0 aliphatic carbocycles. The Morgan fingerprint density at radius 3 is 2.44 bits per heavy atom. The van der Waals surface area contributed by atoms with Crippen molar-refractivity contribution in [3.05, 3.63) is 0 Å². The van der Waals surface area contributed by atoms with Gasteiger partial charge in [0.05, 0.1) is 6.61 Å². The lowest BCUT2D eigenvalue weighted by atomic mass is 10.4. The van der Waals surface area contributed by atoms with Gasteiger partial charge >= 0.3 is 0 Å². The summed E-state index contributed by atoms with van der Waals surface area (Å²) in [5.41, 5.74) is 0. The fourth-order valence-corrected chi connectivity index (χ4v) is 1.02. The Morgan fingerprint density at radius 2 is 1.88 bits per heavy atom. The molecule has 0 aromatic carbocycles. The van der Waals surface area contributed by atoms with Crippen LogP contribution in [-0.2, 0) is 9.47 Å². The molecule has 16 heavy (non-hydrogen) atoms. The zero-order valence-electron chi connectivity index (χ0n) is 10.4. The predicted octanol–water partition coefficient (Wildman–Crippen LogP) is 0.842. The van der Waals surface area contributed by atoms with Crippen LogP contribution >= 0.6 is 24.0 Å². The Balaban J connectivity index is 0. The molecule has 0 amide bonds. The molecule has 0 rings (SSSR count). The Bertz CT molecular complexity index is 168. The number of aliphatic imine (C=N–C) groups is 1. The zero-order valence-corrected chi connectivity index (χ0v) is 12.7. The fourth-order valence-electron chi connectivity index (χ4n) is 1.02. The molecule has 98 valence electrons. The van der Waals surface area contributed by atoms with Gasteiger partial charge in [0, 0.05) is 40.5 Å². The van der Waals surface area contributed by atoms with Crippen molar-refractivity contribution in [1.82, 2.24) is 10.6 Å². The fraction of sp³-hybridized carbons (Fsp3) is 0.900. The molecule has 0 bridgehead atoms. The molecule has 0 aromatic heterocycles. The van der Waals surface area contributed by atoms with Crippen molar-refractivity contribution in [2.75, 3.05) is 47.1 Å². The molecule has 0 aliphatic rings. The number of nitrogens with zero attached hydrogens (tertiary/aromatic N) is 1. The molecule has 6 heteroatoms. The van der Waals surface area contributed by atoms with Crippen LogP contribution in [0, 0.1) is 0 Å². The minimum atomic E-state index is 0. The summed E-state index contributed by atoms with van der Waals surface area (Å²) >= 11 is 0. The molecule has 0 aliphatic heterocycles. The van der Waals surface area contributed by atoms with Gasteiger partial charge in [0.15, 0.2) is 5.96 Å². The second kappa shape index (κ2) is 14.9. The van der Waals surface area contributed by atoms with E-state index in [0.717, 1.165) is 38.7 Å². The molecule has 0 spiro atoms. The van der Waals surface area contributed by atoms with Crippen molar-refractivity contribution < 1.29 is 9.47 Å². The molecule has 0 saturated heterocycles. The summed E-state index contributed by atoms with van der Waals surface area (Å²) in [6, 6.07) is 0. The van der Waals surface area contributed by atoms with E-state index in [1.54, 1.807) is 14.2 Å². The van der Waals surface area contributed by atoms with Crippen LogP contribution < -0.4 is 10.6 Å². The van der Waals surface area contributed by atoms with Crippen LogP contribution in [0.25, 0.3) is 0 Å². The van der Waals surface area contributed by atoms with Crippen molar-refractivity contribution in [1.29, 1.82) is 0 Å². The third-order valence-corrected chi connectivity index (χ3v) is 1.78. The molecule has 0 radical (unpaired) electrons. The minimum Gasteiger partial charge on any atom is -0.383 e. The van der Waals surface area contributed by atoms with Gasteiger partial charge < -0.3 is 20.1 Å². The SMILES string of the molecule is CCOCCCNC(=NC)NCCOC.I. The van der Waals surface area contributed by atoms with E-state index in [1.807, 2.05) is 6.92 Å². The first-order chi connectivity index (χ1) is 7.35. The lowest BCUT2D eigenvalue weighted by Crippen LogP contribution is -2.39. The van der Waals surface area contributed by atoms with E-state index in [1.165, 1.54) is 0 Å². The van der Waals surface area contributed by atoms with Gasteiger partial charge in [-0.2, -0.15) is 0 Å². The summed E-state index contributed by atoms with van der Waals surface area (Å²) < 4.78 is 10.2. The number of hydrogen-bond acceptors (Lipinski definition) is 3. The van der Waals surface area contributed by atoms with E-state index in [-0.39, 0.29) is 24.0 Å². The van der Waals surface area contributed by atoms with Crippen LogP contribution in [0.5, 0.6) is 0 Å². The highest BCUT2D eigenvalue weighted by atomic mass is 127. The van der Waals surface area contributed by atoms with Gasteiger partial charge in [-0.1, -0.05) is 0 Å². The minimum absolute atomic E-state index is 0. The van der Waals surface area contributed by atoms with Gasteiger partial charge in [0.1, 0.15) is 0 Å². The second-order valence-electron chi connectivity index (χ2n) is 2.97. The first kappa shape index (κ1) is 18.3. The summed E-state index contributed by atoms with van der Waals surface area (Å²) in [5, 5.41) is 6.32. The van der Waals surface area contributed by atoms with Crippen molar-refractivity contribution in [2.45, 2.75) is 13.3 Å². The number of hydrogen-bond donors (Lipinski definition) is 2. The zero-order chi connectivity index (χ0) is 11.4.